The summed E-state index contributed by atoms with van der Waals surface area (Å²) in [4.78, 5) is 13.6. The molecule has 0 radical (unpaired) electrons. The number of nitrogens with one attached hydrogen (secondary N) is 1. The fourth-order valence-corrected chi connectivity index (χ4v) is 2.24. The molecular weight excluding hydrogens is 399 g/mol. The SMILES string of the molecule is CC(O)CN(CCNCc1ccc(I)o1)C(=O)OC(C)(C)C. The Morgan fingerprint density at radius 2 is 2.18 bits per heavy atom. The normalized spacial score (nSPS) is 13.0. The van der Waals surface area contributed by atoms with Crippen LogP contribution in [0.4, 0.5) is 4.79 Å². The summed E-state index contributed by atoms with van der Waals surface area (Å²) in [6.07, 6.45) is -1.01. The Kier molecular flexibility index (Phi) is 7.64. The maximum absolute atomic E-state index is 12.1. The van der Waals surface area contributed by atoms with Gasteiger partial charge in [-0.15, -0.1) is 0 Å². The molecule has 0 fully saturated rings. The molecule has 0 saturated carbocycles. The highest BCUT2D eigenvalue weighted by atomic mass is 127. The van der Waals surface area contributed by atoms with Crippen LogP contribution < -0.4 is 5.32 Å². The summed E-state index contributed by atoms with van der Waals surface area (Å²) in [6.45, 7) is 9.00. The number of ether oxygens (including phenoxy) is 1. The fourth-order valence-electron chi connectivity index (χ4n) is 1.77. The monoisotopic (exact) mass is 424 g/mol. The first kappa shape index (κ1) is 19.2. The van der Waals surface area contributed by atoms with Gasteiger partial charge in [0.25, 0.3) is 0 Å². The van der Waals surface area contributed by atoms with Crippen LogP contribution in [0.2, 0.25) is 0 Å². The maximum Gasteiger partial charge on any atom is 0.410 e. The third-order valence-corrected chi connectivity index (χ3v) is 3.20. The number of rotatable bonds is 7. The van der Waals surface area contributed by atoms with E-state index in [1.54, 1.807) is 6.92 Å². The topological polar surface area (TPSA) is 74.9 Å². The van der Waals surface area contributed by atoms with Crippen LogP contribution in [-0.4, -0.2) is 47.4 Å². The van der Waals surface area contributed by atoms with Gasteiger partial charge in [0.2, 0.25) is 0 Å². The van der Waals surface area contributed by atoms with Crippen LogP contribution >= 0.6 is 22.6 Å². The Labute approximate surface area is 145 Å². The van der Waals surface area contributed by atoms with Crippen LogP contribution in [0.1, 0.15) is 33.5 Å². The van der Waals surface area contributed by atoms with Crippen molar-refractivity contribution in [3.05, 3.63) is 21.7 Å². The highest BCUT2D eigenvalue weighted by Crippen LogP contribution is 2.11. The molecule has 126 valence electrons. The highest BCUT2D eigenvalue weighted by Gasteiger charge is 2.22. The number of hydrogen-bond donors (Lipinski definition) is 2. The first-order valence-electron chi connectivity index (χ1n) is 7.28. The Balaban J connectivity index is 2.42. The van der Waals surface area contributed by atoms with E-state index in [2.05, 4.69) is 27.9 Å². The summed E-state index contributed by atoms with van der Waals surface area (Å²) in [6, 6.07) is 3.81. The van der Waals surface area contributed by atoms with Crippen LogP contribution in [-0.2, 0) is 11.3 Å². The summed E-state index contributed by atoms with van der Waals surface area (Å²) >= 11 is 2.11. The molecule has 1 heterocycles. The third kappa shape index (κ3) is 8.00. The molecule has 0 aliphatic rings. The standard InChI is InChI=1S/C15H25IN2O4/c1-11(19)10-18(14(20)22-15(2,3)4)8-7-17-9-12-5-6-13(16)21-12/h5-6,11,17,19H,7-10H2,1-4H3. The van der Waals surface area contributed by atoms with E-state index in [4.69, 9.17) is 9.15 Å². The molecular formula is C15H25IN2O4. The molecule has 6 nitrogen and oxygen atoms in total. The molecule has 7 heteroatoms. The van der Waals surface area contributed by atoms with Crippen molar-refractivity contribution in [2.45, 2.75) is 45.9 Å². The molecule has 0 aromatic carbocycles. The maximum atomic E-state index is 12.1. The molecule has 1 atom stereocenters. The van der Waals surface area contributed by atoms with Gasteiger partial charge in [-0.1, -0.05) is 0 Å². The van der Waals surface area contributed by atoms with E-state index in [-0.39, 0.29) is 6.54 Å². The molecule has 0 spiro atoms. The Bertz CT molecular complexity index is 468. The lowest BCUT2D eigenvalue weighted by Crippen LogP contribution is -2.43. The number of aliphatic hydroxyl groups excluding tert-OH is 1. The second-order valence-corrected chi connectivity index (χ2v) is 7.22. The van der Waals surface area contributed by atoms with Crippen LogP contribution in [0.3, 0.4) is 0 Å². The lowest BCUT2D eigenvalue weighted by Gasteiger charge is -2.28. The summed E-state index contributed by atoms with van der Waals surface area (Å²) < 4.78 is 11.6. The van der Waals surface area contributed by atoms with Crippen LogP contribution in [0.5, 0.6) is 0 Å². The first-order chi connectivity index (χ1) is 10.2. The quantitative estimate of drug-likeness (QED) is 0.520. The van der Waals surface area contributed by atoms with Crippen molar-refractivity contribution < 1.29 is 19.1 Å². The van der Waals surface area contributed by atoms with E-state index >= 15 is 0 Å². The lowest BCUT2D eigenvalue weighted by molar-refractivity contribution is 0.0164. The van der Waals surface area contributed by atoms with Gasteiger partial charge in [0.15, 0.2) is 3.77 Å². The van der Waals surface area contributed by atoms with Gasteiger partial charge in [0, 0.05) is 19.6 Å². The van der Waals surface area contributed by atoms with Gasteiger partial charge in [-0.2, -0.15) is 0 Å². The van der Waals surface area contributed by atoms with Crippen molar-refractivity contribution in [3.8, 4) is 0 Å². The number of nitrogens with zero attached hydrogens (tertiary/aromatic N) is 1. The summed E-state index contributed by atoms with van der Waals surface area (Å²) in [5.41, 5.74) is -0.549. The van der Waals surface area contributed by atoms with Gasteiger partial charge in [-0.05, 0) is 62.4 Å². The van der Waals surface area contributed by atoms with Gasteiger partial charge in [-0.3, -0.25) is 0 Å². The minimum absolute atomic E-state index is 0.245. The fraction of sp³-hybridized carbons (Fsp3) is 0.667. The molecule has 0 aliphatic carbocycles. The van der Waals surface area contributed by atoms with E-state index in [9.17, 15) is 9.90 Å². The Morgan fingerprint density at radius 3 is 2.68 bits per heavy atom. The number of aliphatic hydroxyl groups is 1. The number of hydrogen-bond acceptors (Lipinski definition) is 5. The van der Waals surface area contributed by atoms with E-state index in [0.717, 1.165) is 9.53 Å². The minimum Gasteiger partial charge on any atom is -0.454 e. The molecule has 22 heavy (non-hydrogen) atoms. The lowest BCUT2D eigenvalue weighted by atomic mass is 10.2. The van der Waals surface area contributed by atoms with Crippen LogP contribution in [0, 0.1) is 3.77 Å². The number of amides is 1. The molecule has 0 aliphatic heterocycles. The Morgan fingerprint density at radius 1 is 1.50 bits per heavy atom. The second kappa shape index (κ2) is 8.73. The molecule has 1 rings (SSSR count). The van der Waals surface area contributed by atoms with E-state index in [1.165, 1.54) is 4.90 Å². The van der Waals surface area contributed by atoms with E-state index in [1.807, 2.05) is 32.9 Å². The zero-order chi connectivity index (χ0) is 16.8. The van der Waals surface area contributed by atoms with Crippen molar-refractivity contribution in [2.75, 3.05) is 19.6 Å². The molecule has 1 unspecified atom stereocenters. The zero-order valence-electron chi connectivity index (χ0n) is 13.6. The smallest absolute Gasteiger partial charge is 0.410 e. The second-order valence-electron chi connectivity index (χ2n) is 6.16. The zero-order valence-corrected chi connectivity index (χ0v) is 15.7. The largest absolute Gasteiger partial charge is 0.454 e. The van der Waals surface area contributed by atoms with Crippen LogP contribution in [0.25, 0.3) is 0 Å². The van der Waals surface area contributed by atoms with Crippen LogP contribution in [0.15, 0.2) is 16.5 Å². The number of carbonyl (C=O) groups excluding carboxylic acids is 1. The van der Waals surface area contributed by atoms with Gasteiger partial charge >= 0.3 is 6.09 Å². The third-order valence-electron chi connectivity index (χ3n) is 2.62. The summed E-state index contributed by atoms with van der Waals surface area (Å²) in [5, 5.41) is 12.7. The molecule has 2 N–H and O–H groups in total. The summed E-state index contributed by atoms with van der Waals surface area (Å²) in [7, 11) is 0. The first-order valence-corrected chi connectivity index (χ1v) is 8.36. The van der Waals surface area contributed by atoms with E-state index in [0.29, 0.717) is 19.6 Å². The van der Waals surface area contributed by atoms with Crippen molar-refractivity contribution in [1.82, 2.24) is 10.2 Å². The molecule has 1 aromatic rings. The number of carbonyl (C=O) groups is 1. The summed E-state index contributed by atoms with van der Waals surface area (Å²) in [5.74, 6) is 0.851. The number of furan rings is 1. The average Bonchev–Trinajstić information content (AvgIpc) is 2.76. The van der Waals surface area contributed by atoms with Crippen molar-refractivity contribution >= 4 is 28.7 Å². The van der Waals surface area contributed by atoms with Gasteiger partial charge < -0.3 is 24.5 Å². The number of halogens is 1. The van der Waals surface area contributed by atoms with Crippen molar-refractivity contribution in [2.24, 2.45) is 0 Å². The van der Waals surface area contributed by atoms with Gasteiger partial charge in [0.1, 0.15) is 11.4 Å². The molecule has 0 bridgehead atoms. The molecule has 1 amide bonds. The van der Waals surface area contributed by atoms with Gasteiger partial charge in [-0.25, -0.2) is 4.79 Å². The van der Waals surface area contributed by atoms with Crippen molar-refractivity contribution in [1.29, 1.82) is 0 Å². The Hall–Kier alpha value is -0.800. The minimum atomic E-state index is -0.598. The highest BCUT2D eigenvalue weighted by molar-refractivity contribution is 14.1. The average molecular weight is 424 g/mol. The molecule has 0 saturated heterocycles. The predicted molar refractivity (Wildman–Crippen MR) is 92.6 cm³/mol. The predicted octanol–water partition coefficient (Wildman–Crippen LogP) is 2.59. The van der Waals surface area contributed by atoms with Crippen molar-refractivity contribution in [3.63, 3.8) is 0 Å². The van der Waals surface area contributed by atoms with Gasteiger partial charge in [0.05, 0.1) is 12.6 Å². The van der Waals surface area contributed by atoms with E-state index < -0.39 is 17.8 Å². The molecule has 1 aromatic heterocycles.